The van der Waals surface area contributed by atoms with E-state index in [4.69, 9.17) is 0 Å². The molecule has 0 aliphatic heterocycles. The summed E-state index contributed by atoms with van der Waals surface area (Å²) in [6, 6.07) is 17.0. The van der Waals surface area contributed by atoms with Crippen molar-refractivity contribution < 1.29 is 4.79 Å². The summed E-state index contributed by atoms with van der Waals surface area (Å²) in [5.74, 6) is 0.107. The Balaban J connectivity index is 1.63. The summed E-state index contributed by atoms with van der Waals surface area (Å²) in [6.07, 6.45) is 0. The molecule has 1 aromatic heterocycles. The van der Waals surface area contributed by atoms with E-state index in [1.165, 1.54) is 11.8 Å². The predicted molar refractivity (Wildman–Crippen MR) is 92.6 cm³/mol. The summed E-state index contributed by atoms with van der Waals surface area (Å²) in [5.41, 5.74) is 1.60. The first-order valence-corrected chi connectivity index (χ1v) is 8.52. The smallest absolute Gasteiger partial charge is 0.234 e. The van der Waals surface area contributed by atoms with Gasteiger partial charge in [-0.15, -0.1) is 5.10 Å². The van der Waals surface area contributed by atoms with Gasteiger partial charge in [0, 0.05) is 10.2 Å². The van der Waals surface area contributed by atoms with Gasteiger partial charge in [-0.2, -0.15) is 4.68 Å². The van der Waals surface area contributed by atoms with E-state index in [1.807, 2.05) is 54.6 Å². The molecule has 0 unspecified atom stereocenters. The highest BCUT2D eigenvalue weighted by atomic mass is 79.9. The van der Waals surface area contributed by atoms with Gasteiger partial charge in [0.2, 0.25) is 11.1 Å². The van der Waals surface area contributed by atoms with Gasteiger partial charge in [-0.05, 0) is 40.8 Å². The number of hydrogen-bond donors (Lipinski definition) is 1. The van der Waals surface area contributed by atoms with E-state index in [0.29, 0.717) is 5.16 Å². The number of anilines is 1. The minimum atomic E-state index is -0.115. The van der Waals surface area contributed by atoms with E-state index < -0.39 is 0 Å². The van der Waals surface area contributed by atoms with Gasteiger partial charge in [0.15, 0.2) is 0 Å². The molecule has 0 aliphatic rings. The molecule has 1 amide bonds. The molecule has 116 valence electrons. The van der Waals surface area contributed by atoms with E-state index in [-0.39, 0.29) is 11.7 Å². The lowest BCUT2D eigenvalue weighted by Crippen LogP contribution is -2.14. The van der Waals surface area contributed by atoms with Crippen LogP contribution in [-0.4, -0.2) is 31.9 Å². The van der Waals surface area contributed by atoms with E-state index in [0.717, 1.165) is 15.8 Å². The molecule has 0 bridgehead atoms. The molecule has 0 saturated carbocycles. The number of halogens is 1. The third-order valence-corrected chi connectivity index (χ3v) is 4.29. The zero-order valence-electron chi connectivity index (χ0n) is 11.9. The number of carbonyl (C=O) groups excluding carboxylic acids is 1. The van der Waals surface area contributed by atoms with Gasteiger partial charge in [-0.3, -0.25) is 4.79 Å². The lowest BCUT2D eigenvalue weighted by atomic mass is 10.3. The first-order chi connectivity index (χ1) is 11.2. The minimum Gasteiger partial charge on any atom is -0.325 e. The Morgan fingerprint density at radius 3 is 2.78 bits per heavy atom. The van der Waals surface area contributed by atoms with Crippen molar-refractivity contribution in [3.8, 4) is 5.69 Å². The number of para-hydroxylation sites is 1. The van der Waals surface area contributed by atoms with Gasteiger partial charge >= 0.3 is 0 Å². The Morgan fingerprint density at radius 1 is 1.17 bits per heavy atom. The number of nitrogens with zero attached hydrogens (tertiary/aromatic N) is 4. The minimum absolute atomic E-state index is 0.115. The number of nitrogens with one attached hydrogen (secondary N) is 1. The van der Waals surface area contributed by atoms with Gasteiger partial charge in [-0.1, -0.05) is 52.0 Å². The molecule has 0 fully saturated rings. The maximum atomic E-state index is 12.0. The van der Waals surface area contributed by atoms with Crippen LogP contribution in [0.15, 0.2) is 64.2 Å². The predicted octanol–water partition coefficient (Wildman–Crippen LogP) is 3.16. The quantitative estimate of drug-likeness (QED) is 0.678. The number of thioether (sulfide) groups is 1. The third kappa shape index (κ3) is 4.17. The van der Waals surface area contributed by atoms with Crippen molar-refractivity contribution in [1.82, 2.24) is 20.2 Å². The second-order valence-corrected chi connectivity index (χ2v) is 6.41. The van der Waals surface area contributed by atoms with Gasteiger partial charge < -0.3 is 5.32 Å². The highest BCUT2D eigenvalue weighted by molar-refractivity contribution is 9.10. The number of benzene rings is 2. The summed E-state index contributed by atoms with van der Waals surface area (Å²) >= 11 is 4.65. The maximum absolute atomic E-state index is 12.0. The van der Waals surface area contributed by atoms with Crippen LogP contribution in [-0.2, 0) is 4.79 Å². The van der Waals surface area contributed by atoms with Crippen LogP contribution in [0.4, 0.5) is 5.69 Å². The maximum Gasteiger partial charge on any atom is 0.234 e. The molecule has 0 aliphatic carbocycles. The van der Waals surface area contributed by atoms with E-state index in [1.54, 1.807) is 4.68 Å². The SMILES string of the molecule is O=C(CSc1nnnn1-c1ccccc1)Nc1cccc(Br)c1. The molecule has 0 spiro atoms. The second-order valence-electron chi connectivity index (χ2n) is 4.56. The first-order valence-electron chi connectivity index (χ1n) is 6.74. The molecular weight excluding hydrogens is 378 g/mol. The Labute approximate surface area is 145 Å². The topological polar surface area (TPSA) is 72.7 Å². The van der Waals surface area contributed by atoms with Crippen molar-refractivity contribution in [2.75, 3.05) is 11.1 Å². The Hall–Kier alpha value is -2.19. The van der Waals surface area contributed by atoms with Crippen molar-refractivity contribution in [2.24, 2.45) is 0 Å². The van der Waals surface area contributed by atoms with Gasteiger partial charge in [0.05, 0.1) is 11.4 Å². The van der Waals surface area contributed by atoms with Crippen LogP contribution >= 0.6 is 27.7 Å². The van der Waals surface area contributed by atoms with Crippen LogP contribution in [0.3, 0.4) is 0 Å². The van der Waals surface area contributed by atoms with Gasteiger partial charge in [0.25, 0.3) is 0 Å². The Bertz CT molecular complexity index is 808. The van der Waals surface area contributed by atoms with Crippen molar-refractivity contribution >= 4 is 39.3 Å². The highest BCUT2D eigenvalue weighted by Crippen LogP contribution is 2.19. The summed E-state index contributed by atoms with van der Waals surface area (Å²) in [5, 5.41) is 15.0. The molecule has 3 rings (SSSR count). The molecule has 6 nitrogen and oxygen atoms in total. The van der Waals surface area contributed by atoms with Crippen molar-refractivity contribution in [1.29, 1.82) is 0 Å². The molecule has 0 radical (unpaired) electrons. The average molecular weight is 390 g/mol. The molecule has 1 heterocycles. The Morgan fingerprint density at radius 2 is 2.00 bits per heavy atom. The largest absolute Gasteiger partial charge is 0.325 e. The molecule has 0 atom stereocenters. The van der Waals surface area contributed by atoms with E-state index in [2.05, 4.69) is 36.8 Å². The van der Waals surface area contributed by atoms with E-state index in [9.17, 15) is 4.79 Å². The average Bonchev–Trinajstić information content (AvgIpc) is 3.02. The molecule has 3 aromatic rings. The lowest BCUT2D eigenvalue weighted by Gasteiger charge is -2.06. The number of tetrazole rings is 1. The molecular formula is C15H12BrN5OS. The van der Waals surface area contributed by atoms with Crippen LogP contribution in [0.25, 0.3) is 5.69 Å². The highest BCUT2D eigenvalue weighted by Gasteiger charge is 2.11. The normalized spacial score (nSPS) is 10.5. The fourth-order valence-electron chi connectivity index (χ4n) is 1.89. The first kappa shape index (κ1) is 15.7. The fourth-order valence-corrected chi connectivity index (χ4v) is 2.98. The van der Waals surface area contributed by atoms with Crippen LogP contribution in [0, 0.1) is 0 Å². The van der Waals surface area contributed by atoms with Crippen molar-refractivity contribution in [2.45, 2.75) is 5.16 Å². The monoisotopic (exact) mass is 389 g/mol. The summed E-state index contributed by atoms with van der Waals surface area (Å²) < 4.78 is 2.52. The number of carbonyl (C=O) groups is 1. The zero-order chi connectivity index (χ0) is 16.1. The van der Waals surface area contributed by atoms with Gasteiger partial charge in [-0.25, -0.2) is 0 Å². The van der Waals surface area contributed by atoms with Crippen LogP contribution in [0.1, 0.15) is 0 Å². The zero-order valence-corrected chi connectivity index (χ0v) is 14.3. The van der Waals surface area contributed by atoms with E-state index >= 15 is 0 Å². The molecule has 2 aromatic carbocycles. The molecule has 8 heteroatoms. The van der Waals surface area contributed by atoms with Gasteiger partial charge in [0.1, 0.15) is 0 Å². The van der Waals surface area contributed by atoms with Crippen LogP contribution in [0.5, 0.6) is 0 Å². The fraction of sp³-hybridized carbons (Fsp3) is 0.0667. The summed E-state index contributed by atoms with van der Waals surface area (Å²) in [6.45, 7) is 0. The van der Waals surface area contributed by atoms with Crippen LogP contribution in [0.2, 0.25) is 0 Å². The molecule has 0 saturated heterocycles. The number of hydrogen-bond acceptors (Lipinski definition) is 5. The summed E-state index contributed by atoms with van der Waals surface area (Å²) in [4.78, 5) is 12.0. The lowest BCUT2D eigenvalue weighted by molar-refractivity contribution is -0.113. The van der Waals surface area contributed by atoms with Crippen molar-refractivity contribution in [3.63, 3.8) is 0 Å². The summed E-state index contributed by atoms with van der Waals surface area (Å²) in [7, 11) is 0. The third-order valence-electron chi connectivity index (χ3n) is 2.88. The number of amides is 1. The molecule has 23 heavy (non-hydrogen) atoms. The number of aromatic nitrogens is 4. The number of rotatable bonds is 5. The van der Waals surface area contributed by atoms with Crippen LogP contribution < -0.4 is 5.32 Å². The van der Waals surface area contributed by atoms with Crippen molar-refractivity contribution in [3.05, 3.63) is 59.1 Å². The standard InChI is InChI=1S/C15H12BrN5OS/c16-11-5-4-6-12(9-11)17-14(22)10-23-15-18-19-20-21(15)13-7-2-1-3-8-13/h1-9H,10H2,(H,17,22). The Kier molecular flexibility index (Phi) is 5.04. The molecule has 1 N–H and O–H groups in total. The second kappa shape index (κ2) is 7.38.